The van der Waals surface area contributed by atoms with E-state index in [1.165, 1.54) is 7.11 Å². The number of hydrogen-bond donors (Lipinski definition) is 0. The van der Waals surface area contributed by atoms with Crippen LogP contribution in [0.5, 0.6) is 0 Å². The van der Waals surface area contributed by atoms with Gasteiger partial charge >= 0.3 is 5.97 Å². The van der Waals surface area contributed by atoms with Crippen molar-refractivity contribution in [3.05, 3.63) is 0 Å². The Bertz CT molecular complexity index is 406. The lowest BCUT2D eigenvalue weighted by molar-refractivity contribution is -0.273. The molecule has 18 heavy (non-hydrogen) atoms. The van der Waals surface area contributed by atoms with E-state index in [1.807, 2.05) is 6.92 Å². The van der Waals surface area contributed by atoms with Crippen LogP contribution in [0.2, 0.25) is 0 Å². The Morgan fingerprint density at radius 3 is 3.00 bits per heavy atom. The SMILES string of the molecule is COC(=O)C1CC2(C)C(=O)CCCC23OCC1O3. The number of rotatable bonds is 1. The summed E-state index contributed by atoms with van der Waals surface area (Å²) in [5, 5.41) is 0. The molecule has 2 saturated heterocycles. The number of carbonyl (C=O) groups excluding carboxylic acids is 2. The topological polar surface area (TPSA) is 61.8 Å². The lowest BCUT2D eigenvalue weighted by atomic mass is 9.63. The molecule has 1 spiro atoms. The molecule has 100 valence electrons. The summed E-state index contributed by atoms with van der Waals surface area (Å²) in [5.41, 5.74) is -0.711. The van der Waals surface area contributed by atoms with Crippen LogP contribution < -0.4 is 0 Å². The molecule has 5 nitrogen and oxygen atoms in total. The predicted octanol–water partition coefficient (Wildman–Crippen LogP) is 1.05. The normalized spacial score (nSPS) is 46.7. The van der Waals surface area contributed by atoms with Crippen molar-refractivity contribution in [2.24, 2.45) is 11.3 Å². The molecule has 3 rings (SSSR count). The van der Waals surface area contributed by atoms with Gasteiger partial charge in [0.15, 0.2) is 5.79 Å². The molecule has 3 aliphatic rings. The first-order valence-corrected chi connectivity index (χ1v) is 6.45. The van der Waals surface area contributed by atoms with Gasteiger partial charge in [-0.2, -0.15) is 0 Å². The number of fused-ring (bicyclic) bond motifs is 1. The van der Waals surface area contributed by atoms with Gasteiger partial charge in [0.05, 0.1) is 31.2 Å². The van der Waals surface area contributed by atoms with Crippen LogP contribution in [0, 0.1) is 11.3 Å². The fourth-order valence-electron chi connectivity index (χ4n) is 3.62. The maximum absolute atomic E-state index is 12.3. The minimum Gasteiger partial charge on any atom is -0.469 e. The van der Waals surface area contributed by atoms with Gasteiger partial charge in [-0.3, -0.25) is 9.59 Å². The minimum absolute atomic E-state index is 0.142. The van der Waals surface area contributed by atoms with Gasteiger partial charge < -0.3 is 14.2 Å². The second-order valence-electron chi connectivity index (χ2n) is 5.66. The van der Waals surface area contributed by atoms with Crippen molar-refractivity contribution in [1.29, 1.82) is 0 Å². The highest BCUT2D eigenvalue weighted by atomic mass is 16.7. The van der Waals surface area contributed by atoms with Crippen molar-refractivity contribution in [2.45, 2.75) is 44.5 Å². The van der Waals surface area contributed by atoms with Crippen LogP contribution in [0.4, 0.5) is 0 Å². The highest BCUT2D eigenvalue weighted by Crippen LogP contribution is 2.56. The molecular formula is C13H18O5. The average molecular weight is 254 g/mol. The summed E-state index contributed by atoms with van der Waals surface area (Å²) in [6.45, 7) is 2.24. The zero-order valence-electron chi connectivity index (χ0n) is 10.7. The Kier molecular flexibility index (Phi) is 2.54. The summed E-state index contributed by atoms with van der Waals surface area (Å²) in [6.07, 6.45) is 2.28. The summed E-state index contributed by atoms with van der Waals surface area (Å²) >= 11 is 0. The van der Waals surface area contributed by atoms with Crippen molar-refractivity contribution in [1.82, 2.24) is 0 Å². The number of ether oxygens (including phenoxy) is 3. The van der Waals surface area contributed by atoms with E-state index >= 15 is 0 Å². The molecule has 5 heteroatoms. The summed E-state index contributed by atoms with van der Waals surface area (Å²) < 4.78 is 16.6. The minimum atomic E-state index is -0.794. The van der Waals surface area contributed by atoms with E-state index in [-0.39, 0.29) is 17.9 Å². The Balaban J connectivity index is 1.97. The molecular weight excluding hydrogens is 236 g/mol. The molecule has 1 aliphatic carbocycles. The van der Waals surface area contributed by atoms with Gasteiger partial charge in [0.25, 0.3) is 0 Å². The third-order valence-electron chi connectivity index (χ3n) is 4.77. The molecule has 1 saturated carbocycles. The molecule has 4 atom stereocenters. The summed E-state index contributed by atoms with van der Waals surface area (Å²) in [5.74, 6) is -1.35. The zero-order valence-corrected chi connectivity index (χ0v) is 10.7. The Labute approximate surface area is 106 Å². The van der Waals surface area contributed by atoms with Gasteiger partial charge in [-0.25, -0.2) is 0 Å². The quantitative estimate of drug-likeness (QED) is 0.654. The van der Waals surface area contributed by atoms with Gasteiger partial charge in [0.1, 0.15) is 5.78 Å². The largest absolute Gasteiger partial charge is 0.469 e. The molecule has 2 aliphatic heterocycles. The summed E-state index contributed by atoms with van der Waals surface area (Å²) in [4.78, 5) is 24.1. The van der Waals surface area contributed by atoms with E-state index in [0.717, 1.165) is 12.8 Å². The third kappa shape index (κ3) is 1.34. The second kappa shape index (κ2) is 3.78. The van der Waals surface area contributed by atoms with Crippen LogP contribution in [0.15, 0.2) is 0 Å². The van der Waals surface area contributed by atoms with E-state index in [0.29, 0.717) is 19.4 Å². The van der Waals surface area contributed by atoms with E-state index in [4.69, 9.17) is 14.2 Å². The fraction of sp³-hybridized carbons (Fsp3) is 0.846. The monoisotopic (exact) mass is 254 g/mol. The maximum Gasteiger partial charge on any atom is 0.311 e. The molecule has 2 bridgehead atoms. The molecule has 4 unspecified atom stereocenters. The number of Topliss-reactive ketones (excluding diaryl/α,β-unsaturated/α-hetero) is 1. The van der Waals surface area contributed by atoms with Gasteiger partial charge in [-0.05, 0) is 19.8 Å². The van der Waals surface area contributed by atoms with E-state index in [9.17, 15) is 9.59 Å². The van der Waals surface area contributed by atoms with Gasteiger partial charge in [0.2, 0.25) is 0 Å². The highest BCUT2D eigenvalue weighted by molar-refractivity contribution is 5.88. The molecule has 2 heterocycles. The zero-order chi connectivity index (χ0) is 13.0. The molecule has 3 fully saturated rings. The molecule has 0 N–H and O–H groups in total. The van der Waals surface area contributed by atoms with Crippen LogP contribution in [0.25, 0.3) is 0 Å². The van der Waals surface area contributed by atoms with Crippen LogP contribution in [-0.2, 0) is 23.8 Å². The standard InChI is InChI=1S/C13H18O5/c1-12-6-8(11(15)16-2)9-7-17-13(12,18-9)5-3-4-10(12)14/h8-9H,3-7H2,1-2H3. The van der Waals surface area contributed by atoms with E-state index in [1.54, 1.807) is 0 Å². The lowest BCUT2D eigenvalue weighted by Gasteiger charge is -2.50. The van der Waals surface area contributed by atoms with Crippen molar-refractivity contribution in [3.8, 4) is 0 Å². The lowest BCUT2D eigenvalue weighted by Crippen LogP contribution is -2.60. The van der Waals surface area contributed by atoms with Crippen molar-refractivity contribution in [2.75, 3.05) is 13.7 Å². The van der Waals surface area contributed by atoms with Crippen molar-refractivity contribution in [3.63, 3.8) is 0 Å². The average Bonchev–Trinajstić information content (AvgIpc) is 2.73. The van der Waals surface area contributed by atoms with Gasteiger partial charge in [0, 0.05) is 12.8 Å². The van der Waals surface area contributed by atoms with Crippen LogP contribution >= 0.6 is 0 Å². The predicted molar refractivity (Wildman–Crippen MR) is 60.6 cm³/mol. The first kappa shape index (κ1) is 12.1. The van der Waals surface area contributed by atoms with Crippen LogP contribution in [0.1, 0.15) is 32.6 Å². The number of esters is 1. The summed E-state index contributed by atoms with van der Waals surface area (Å²) in [7, 11) is 1.37. The van der Waals surface area contributed by atoms with Crippen LogP contribution in [0.3, 0.4) is 0 Å². The number of hydrogen-bond acceptors (Lipinski definition) is 5. The van der Waals surface area contributed by atoms with Crippen molar-refractivity contribution < 1.29 is 23.8 Å². The highest BCUT2D eigenvalue weighted by Gasteiger charge is 2.66. The number of ketones is 1. The smallest absolute Gasteiger partial charge is 0.311 e. The Morgan fingerprint density at radius 2 is 2.28 bits per heavy atom. The van der Waals surface area contributed by atoms with Crippen molar-refractivity contribution >= 4 is 11.8 Å². The molecule has 0 aromatic rings. The first-order chi connectivity index (χ1) is 8.52. The Morgan fingerprint density at radius 1 is 1.50 bits per heavy atom. The Hall–Kier alpha value is -0.940. The van der Waals surface area contributed by atoms with E-state index in [2.05, 4.69) is 0 Å². The first-order valence-electron chi connectivity index (χ1n) is 6.45. The molecule has 0 aromatic heterocycles. The number of carbonyl (C=O) groups is 2. The molecule has 0 radical (unpaired) electrons. The van der Waals surface area contributed by atoms with E-state index < -0.39 is 17.1 Å². The second-order valence-corrected chi connectivity index (χ2v) is 5.66. The number of methoxy groups -OCH3 is 1. The third-order valence-corrected chi connectivity index (χ3v) is 4.77. The van der Waals surface area contributed by atoms with Gasteiger partial charge in [-0.15, -0.1) is 0 Å². The molecule has 0 amide bonds. The van der Waals surface area contributed by atoms with Crippen LogP contribution in [-0.4, -0.2) is 37.4 Å². The summed E-state index contributed by atoms with van der Waals surface area (Å²) in [6, 6.07) is 0. The van der Waals surface area contributed by atoms with Gasteiger partial charge in [-0.1, -0.05) is 0 Å². The molecule has 0 aromatic carbocycles. The maximum atomic E-state index is 12.3. The fourth-order valence-corrected chi connectivity index (χ4v) is 3.62.